The number of piperazine rings is 1. The number of likely N-dealkylation sites (N-methyl/N-ethyl adjacent to an activating group) is 1. The number of nitrogens with zero attached hydrogens (tertiary/aromatic N) is 5. The Morgan fingerprint density at radius 2 is 1.93 bits per heavy atom. The number of pyridine rings is 2. The van der Waals surface area contributed by atoms with Crippen LogP contribution < -0.4 is 0 Å². The summed E-state index contributed by atoms with van der Waals surface area (Å²) in [5.74, 6) is 0. The topological polar surface area (TPSA) is 36.7 Å². The van der Waals surface area contributed by atoms with Crippen LogP contribution in [0.5, 0.6) is 0 Å². The Morgan fingerprint density at radius 3 is 2.72 bits per heavy atom. The molecule has 0 N–H and O–H groups in total. The summed E-state index contributed by atoms with van der Waals surface area (Å²) in [6.45, 7) is 6.36. The van der Waals surface area contributed by atoms with Gasteiger partial charge in [0.15, 0.2) is 0 Å². The van der Waals surface area contributed by atoms with Crippen LogP contribution in [0.2, 0.25) is 0 Å². The third-order valence-electron chi connectivity index (χ3n) is 5.74. The molecule has 0 bridgehead atoms. The van der Waals surface area contributed by atoms with Crippen molar-refractivity contribution in [3.05, 3.63) is 76.5 Å². The first-order valence-corrected chi connectivity index (χ1v) is 10.9. The lowest BCUT2D eigenvalue weighted by molar-refractivity contribution is 0.0892. The van der Waals surface area contributed by atoms with Crippen LogP contribution in [-0.2, 0) is 6.54 Å². The minimum absolute atomic E-state index is 0.301. The fourth-order valence-electron chi connectivity index (χ4n) is 4.13. The molecule has 148 valence electrons. The van der Waals surface area contributed by atoms with Crippen molar-refractivity contribution in [1.29, 1.82) is 0 Å². The molecule has 1 fully saturated rings. The van der Waals surface area contributed by atoms with E-state index < -0.39 is 0 Å². The Labute approximate surface area is 175 Å². The van der Waals surface area contributed by atoms with Crippen LogP contribution in [0.25, 0.3) is 16.9 Å². The number of thiophene rings is 1. The van der Waals surface area contributed by atoms with Crippen molar-refractivity contribution in [3.8, 4) is 11.3 Å². The number of aromatic nitrogens is 3. The van der Waals surface area contributed by atoms with Gasteiger partial charge in [0, 0.05) is 60.1 Å². The average molecular weight is 404 g/mol. The lowest BCUT2D eigenvalue weighted by Crippen LogP contribution is -2.46. The Hall–Kier alpha value is -2.54. The van der Waals surface area contributed by atoms with Crippen molar-refractivity contribution in [3.63, 3.8) is 0 Å². The number of aryl methyl sites for hydroxylation is 1. The number of fused-ring (bicyclic) bond motifs is 1. The first-order chi connectivity index (χ1) is 14.2. The van der Waals surface area contributed by atoms with Crippen LogP contribution in [0.3, 0.4) is 0 Å². The van der Waals surface area contributed by atoms with E-state index in [4.69, 9.17) is 4.98 Å². The molecule has 0 unspecified atom stereocenters. The quantitative estimate of drug-likeness (QED) is 0.510. The van der Waals surface area contributed by atoms with E-state index in [1.54, 1.807) is 0 Å². The standard InChI is InChI=1S/C23H25N5S/c1-17-6-7-19(29-17)14-27-13-12-26(2)22(16-27)20-15-28-21(4-3-5-23(28)25-20)18-8-10-24-11-9-18/h3-11,15,22H,12-14,16H2,1-2H3/t22-/m1/s1. The summed E-state index contributed by atoms with van der Waals surface area (Å²) in [5.41, 5.74) is 4.43. The van der Waals surface area contributed by atoms with E-state index in [1.165, 1.54) is 9.75 Å². The molecular weight excluding hydrogens is 378 g/mol. The minimum atomic E-state index is 0.301. The number of hydrogen-bond donors (Lipinski definition) is 0. The third kappa shape index (κ3) is 3.71. The smallest absolute Gasteiger partial charge is 0.137 e. The van der Waals surface area contributed by atoms with Crippen molar-refractivity contribution in [2.75, 3.05) is 26.7 Å². The normalized spacial score (nSPS) is 18.5. The van der Waals surface area contributed by atoms with Gasteiger partial charge in [-0.15, -0.1) is 11.3 Å². The fraction of sp³-hybridized carbons (Fsp3) is 0.304. The van der Waals surface area contributed by atoms with Crippen molar-refractivity contribution < 1.29 is 0 Å². The maximum atomic E-state index is 5.00. The molecule has 0 aromatic carbocycles. The predicted molar refractivity (Wildman–Crippen MR) is 118 cm³/mol. The first-order valence-electron chi connectivity index (χ1n) is 10.0. The lowest BCUT2D eigenvalue weighted by Gasteiger charge is -2.38. The fourth-order valence-corrected chi connectivity index (χ4v) is 5.06. The molecule has 0 spiro atoms. The largest absolute Gasteiger partial charge is 0.299 e. The Kier molecular flexibility index (Phi) is 4.91. The second-order valence-electron chi connectivity index (χ2n) is 7.78. The molecule has 4 aromatic heterocycles. The van der Waals surface area contributed by atoms with Gasteiger partial charge in [0.05, 0.1) is 17.4 Å². The highest BCUT2D eigenvalue weighted by Crippen LogP contribution is 2.28. The second kappa shape index (κ2) is 7.71. The molecular formula is C23H25N5S. The number of hydrogen-bond acceptors (Lipinski definition) is 5. The number of rotatable bonds is 4. The third-order valence-corrected chi connectivity index (χ3v) is 6.72. The van der Waals surface area contributed by atoms with Crippen LogP contribution in [0, 0.1) is 6.92 Å². The summed E-state index contributed by atoms with van der Waals surface area (Å²) in [6, 6.07) is 15.2. The summed E-state index contributed by atoms with van der Waals surface area (Å²) >= 11 is 1.90. The van der Waals surface area contributed by atoms with Crippen LogP contribution in [-0.4, -0.2) is 50.9 Å². The Morgan fingerprint density at radius 1 is 1.07 bits per heavy atom. The van der Waals surface area contributed by atoms with E-state index in [1.807, 2.05) is 35.9 Å². The number of imidazole rings is 1. The first kappa shape index (κ1) is 18.5. The van der Waals surface area contributed by atoms with E-state index in [0.717, 1.165) is 48.8 Å². The zero-order chi connectivity index (χ0) is 19.8. The van der Waals surface area contributed by atoms with E-state index in [-0.39, 0.29) is 0 Å². The van der Waals surface area contributed by atoms with Gasteiger partial charge in [-0.2, -0.15) is 0 Å². The van der Waals surface area contributed by atoms with Gasteiger partial charge in [-0.25, -0.2) is 4.98 Å². The van der Waals surface area contributed by atoms with E-state index in [2.05, 4.69) is 69.7 Å². The van der Waals surface area contributed by atoms with Crippen molar-refractivity contribution in [2.24, 2.45) is 0 Å². The molecule has 4 aromatic rings. The van der Waals surface area contributed by atoms with E-state index in [0.29, 0.717) is 6.04 Å². The summed E-state index contributed by atoms with van der Waals surface area (Å²) in [5, 5.41) is 0. The molecule has 0 saturated carbocycles. The maximum absolute atomic E-state index is 5.00. The second-order valence-corrected chi connectivity index (χ2v) is 9.16. The molecule has 0 amide bonds. The van der Waals surface area contributed by atoms with Gasteiger partial charge < -0.3 is 0 Å². The van der Waals surface area contributed by atoms with Crippen molar-refractivity contribution in [1.82, 2.24) is 24.2 Å². The summed E-state index contributed by atoms with van der Waals surface area (Å²) < 4.78 is 2.21. The van der Waals surface area contributed by atoms with Crippen LogP contribution in [0.4, 0.5) is 0 Å². The van der Waals surface area contributed by atoms with Gasteiger partial charge in [0.2, 0.25) is 0 Å². The van der Waals surface area contributed by atoms with Crippen LogP contribution >= 0.6 is 11.3 Å². The van der Waals surface area contributed by atoms with Crippen molar-refractivity contribution in [2.45, 2.75) is 19.5 Å². The predicted octanol–water partition coefficient (Wildman–Crippen LogP) is 4.25. The molecule has 29 heavy (non-hydrogen) atoms. The molecule has 1 saturated heterocycles. The highest BCUT2D eigenvalue weighted by atomic mass is 32.1. The lowest BCUT2D eigenvalue weighted by atomic mass is 10.1. The molecule has 1 aliphatic heterocycles. The zero-order valence-electron chi connectivity index (χ0n) is 16.8. The van der Waals surface area contributed by atoms with Gasteiger partial charge in [0.25, 0.3) is 0 Å². The van der Waals surface area contributed by atoms with Gasteiger partial charge in [0.1, 0.15) is 5.65 Å². The Bertz CT molecular complexity index is 1120. The molecule has 0 aliphatic carbocycles. The van der Waals surface area contributed by atoms with Gasteiger partial charge in [-0.05, 0) is 50.4 Å². The van der Waals surface area contributed by atoms with Gasteiger partial charge in [-0.3, -0.25) is 19.2 Å². The highest BCUT2D eigenvalue weighted by molar-refractivity contribution is 7.11. The average Bonchev–Trinajstić information content (AvgIpc) is 3.35. The van der Waals surface area contributed by atoms with Crippen LogP contribution in [0.1, 0.15) is 21.5 Å². The molecule has 5 nitrogen and oxygen atoms in total. The maximum Gasteiger partial charge on any atom is 0.137 e. The Balaban J connectivity index is 1.44. The molecule has 1 aliphatic rings. The van der Waals surface area contributed by atoms with Crippen molar-refractivity contribution >= 4 is 17.0 Å². The molecule has 0 radical (unpaired) electrons. The summed E-state index contributed by atoms with van der Waals surface area (Å²) in [4.78, 5) is 17.0. The summed E-state index contributed by atoms with van der Waals surface area (Å²) in [6.07, 6.45) is 5.89. The highest BCUT2D eigenvalue weighted by Gasteiger charge is 2.28. The molecule has 6 heteroatoms. The zero-order valence-corrected chi connectivity index (χ0v) is 17.6. The molecule has 5 heterocycles. The van der Waals surface area contributed by atoms with Crippen LogP contribution in [0.15, 0.2) is 61.1 Å². The monoisotopic (exact) mass is 403 g/mol. The van der Waals surface area contributed by atoms with Gasteiger partial charge in [-0.1, -0.05) is 6.07 Å². The van der Waals surface area contributed by atoms with E-state index in [9.17, 15) is 0 Å². The minimum Gasteiger partial charge on any atom is -0.299 e. The van der Waals surface area contributed by atoms with Gasteiger partial charge >= 0.3 is 0 Å². The molecule has 1 atom stereocenters. The molecule has 5 rings (SSSR count). The van der Waals surface area contributed by atoms with E-state index >= 15 is 0 Å². The SMILES string of the molecule is Cc1ccc(CN2CCN(C)[C@@H](c3cn4c(-c5ccncc5)cccc4n3)C2)s1. The summed E-state index contributed by atoms with van der Waals surface area (Å²) in [7, 11) is 2.21.